The van der Waals surface area contributed by atoms with Crippen LogP contribution in [0.15, 0.2) is 24.3 Å². The summed E-state index contributed by atoms with van der Waals surface area (Å²) in [6.07, 6.45) is 7.72. The van der Waals surface area contributed by atoms with E-state index in [1.54, 1.807) is 0 Å². The van der Waals surface area contributed by atoms with Crippen molar-refractivity contribution in [2.24, 2.45) is 5.73 Å². The van der Waals surface area contributed by atoms with Gasteiger partial charge >= 0.3 is 5.97 Å². The van der Waals surface area contributed by atoms with Gasteiger partial charge in [-0.15, -0.1) is 0 Å². The number of hydrogen-bond acceptors (Lipinski definition) is 3. The Kier molecular flexibility index (Phi) is 5.60. The van der Waals surface area contributed by atoms with Crippen LogP contribution < -0.4 is 5.73 Å². The van der Waals surface area contributed by atoms with E-state index < -0.39 is 0 Å². The summed E-state index contributed by atoms with van der Waals surface area (Å²) in [7, 11) is 1.41. The second kappa shape index (κ2) is 7.44. The Morgan fingerprint density at radius 1 is 1.25 bits per heavy atom. The summed E-state index contributed by atoms with van der Waals surface area (Å²) in [5.74, 6) is 0.531. The number of carbonyl (C=O) groups excluding carboxylic acids is 1. The topological polar surface area (TPSA) is 52.3 Å². The molecule has 1 aromatic carbocycles. The van der Waals surface area contributed by atoms with Crippen LogP contribution in [0.1, 0.15) is 68.0 Å². The third kappa shape index (κ3) is 4.07. The van der Waals surface area contributed by atoms with Crippen LogP contribution in [0.4, 0.5) is 0 Å². The van der Waals surface area contributed by atoms with Crippen LogP contribution >= 0.6 is 0 Å². The first kappa shape index (κ1) is 15.0. The summed E-state index contributed by atoms with van der Waals surface area (Å²) in [6.45, 7) is 0. The number of hydrogen-bond donors (Lipinski definition) is 1. The lowest BCUT2D eigenvalue weighted by Gasteiger charge is -2.22. The number of rotatable bonds is 5. The molecule has 1 saturated carbocycles. The molecule has 2 rings (SSSR count). The van der Waals surface area contributed by atoms with E-state index in [-0.39, 0.29) is 12.0 Å². The Morgan fingerprint density at radius 2 is 1.90 bits per heavy atom. The first-order valence-electron chi connectivity index (χ1n) is 7.63. The molecule has 1 unspecified atom stereocenters. The molecule has 2 N–H and O–H groups in total. The molecule has 0 aliphatic heterocycles. The average molecular weight is 275 g/mol. The summed E-state index contributed by atoms with van der Waals surface area (Å²) >= 11 is 0. The summed E-state index contributed by atoms with van der Waals surface area (Å²) in [6, 6.07) is 8.57. The van der Waals surface area contributed by atoms with Crippen molar-refractivity contribution in [2.75, 3.05) is 7.11 Å². The molecule has 0 radical (unpaired) electrons. The van der Waals surface area contributed by atoms with Gasteiger partial charge in [0.1, 0.15) is 0 Å². The van der Waals surface area contributed by atoms with E-state index in [0.29, 0.717) is 12.8 Å². The Labute approximate surface area is 121 Å². The van der Waals surface area contributed by atoms with Gasteiger partial charge in [-0.25, -0.2) is 0 Å². The number of nitrogens with two attached hydrogens (primary N) is 1. The van der Waals surface area contributed by atoms with Gasteiger partial charge in [0.25, 0.3) is 0 Å². The second-order valence-electron chi connectivity index (χ2n) is 5.72. The number of esters is 1. The van der Waals surface area contributed by atoms with E-state index in [1.807, 2.05) is 0 Å². The van der Waals surface area contributed by atoms with E-state index in [9.17, 15) is 4.79 Å². The predicted octanol–water partition coefficient (Wildman–Crippen LogP) is 3.69. The maximum atomic E-state index is 11.1. The molecular formula is C17H25NO2. The molecule has 1 fully saturated rings. The Balaban J connectivity index is 1.91. The average Bonchev–Trinajstić information content (AvgIpc) is 2.53. The highest BCUT2D eigenvalue weighted by Gasteiger charge is 2.16. The van der Waals surface area contributed by atoms with Gasteiger partial charge in [0.2, 0.25) is 0 Å². The summed E-state index contributed by atoms with van der Waals surface area (Å²) in [4.78, 5) is 11.1. The molecule has 3 nitrogen and oxygen atoms in total. The molecule has 0 bridgehead atoms. The maximum Gasteiger partial charge on any atom is 0.305 e. The lowest BCUT2D eigenvalue weighted by atomic mass is 9.83. The van der Waals surface area contributed by atoms with Crippen molar-refractivity contribution in [1.82, 2.24) is 0 Å². The number of ether oxygens (including phenoxy) is 1. The van der Waals surface area contributed by atoms with Gasteiger partial charge in [-0.2, -0.15) is 0 Å². The van der Waals surface area contributed by atoms with Crippen molar-refractivity contribution >= 4 is 5.97 Å². The highest BCUT2D eigenvalue weighted by Crippen LogP contribution is 2.33. The van der Waals surface area contributed by atoms with Crippen molar-refractivity contribution in [3.8, 4) is 0 Å². The summed E-state index contributed by atoms with van der Waals surface area (Å²) in [5, 5.41) is 0. The number of methoxy groups -OCH3 is 1. The largest absolute Gasteiger partial charge is 0.469 e. The molecule has 0 saturated heterocycles. The SMILES string of the molecule is COC(=O)CCC(N)c1ccc(C2CCCCC2)cc1. The zero-order chi connectivity index (χ0) is 14.4. The molecule has 110 valence electrons. The minimum Gasteiger partial charge on any atom is -0.469 e. The van der Waals surface area contributed by atoms with E-state index >= 15 is 0 Å². The normalized spacial score (nSPS) is 17.7. The molecule has 1 aliphatic carbocycles. The minimum atomic E-state index is -0.195. The van der Waals surface area contributed by atoms with Gasteiger partial charge in [-0.3, -0.25) is 4.79 Å². The predicted molar refractivity (Wildman–Crippen MR) is 80.4 cm³/mol. The second-order valence-corrected chi connectivity index (χ2v) is 5.72. The van der Waals surface area contributed by atoms with Crippen molar-refractivity contribution in [3.63, 3.8) is 0 Å². The van der Waals surface area contributed by atoms with Crippen molar-refractivity contribution in [1.29, 1.82) is 0 Å². The van der Waals surface area contributed by atoms with Crippen LogP contribution in [0.3, 0.4) is 0 Å². The smallest absolute Gasteiger partial charge is 0.305 e. The zero-order valence-corrected chi connectivity index (χ0v) is 12.3. The lowest BCUT2D eigenvalue weighted by Crippen LogP contribution is -2.13. The fourth-order valence-corrected chi connectivity index (χ4v) is 2.99. The standard InChI is InChI=1S/C17H25NO2/c1-20-17(19)12-11-16(18)15-9-7-14(8-10-15)13-5-3-2-4-6-13/h7-10,13,16H,2-6,11-12,18H2,1H3. The van der Waals surface area contributed by atoms with E-state index in [0.717, 1.165) is 11.5 Å². The van der Waals surface area contributed by atoms with Crippen LogP contribution in [-0.4, -0.2) is 13.1 Å². The quantitative estimate of drug-likeness (QED) is 0.834. The molecule has 1 atom stereocenters. The molecule has 0 spiro atoms. The minimum absolute atomic E-state index is 0.0884. The molecule has 0 aromatic heterocycles. The van der Waals surface area contributed by atoms with Gasteiger partial charge in [-0.1, -0.05) is 43.5 Å². The third-order valence-corrected chi connectivity index (χ3v) is 4.33. The molecule has 20 heavy (non-hydrogen) atoms. The van der Waals surface area contributed by atoms with E-state index in [1.165, 1.54) is 44.8 Å². The number of carbonyl (C=O) groups is 1. The van der Waals surface area contributed by atoms with Gasteiger partial charge in [0.15, 0.2) is 0 Å². The Morgan fingerprint density at radius 3 is 2.50 bits per heavy atom. The van der Waals surface area contributed by atoms with E-state index in [2.05, 4.69) is 29.0 Å². The van der Waals surface area contributed by atoms with Gasteiger partial charge in [0.05, 0.1) is 7.11 Å². The Hall–Kier alpha value is -1.35. The molecule has 0 amide bonds. The first-order valence-corrected chi connectivity index (χ1v) is 7.63. The van der Waals surface area contributed by atoms with E-state index in [4.69, 9.17) is 5.73 Å². The van der Waals surface area contributed by atoms with Gasteiger partial charge in [-0.05, 0) is 36.3 Å². The third-order valence-electron chi connectivity index (χ3n) is 4.33. The molecule has 0 heterocycles. The van der Waals surface area contributed by atoms with Crippen LogP contribution in [0.25, 0.3) is 0 Å². The molecule has 1 aromatic rings. The Bertz CT molecular complexity index is 421. The fraction of sp³-hybridized carbons (Fsp3) is 0.588. The fourth-order valence-electron chi connectivity index (χ4n) is 2.99. The molecule has 1 aliphatic rings. The van der Waals surface area contributed by atoms with Crippen LogP contribution in [0.5, 0.6) is 0 Å². The molecular weight excluding hydrogens is 250 g/mol. The highest BCUT2D eigenvalue weighted by atomic mass is 16.5. The number of benzene rings is 1. The molecule has 3 heteroatoms. The van der Waals surface area contributed by atoms with Crippen molar-refractivity contribution in [3.05, 3.63) is 35.4 Å². The maximum absolute atomic E-state index is 11.1. The monoisotopic (exact) mass is 275 g/mol. The van der Waals surface area contributed by atoms with Gasteiger partial charge in [0, 0.05) is 12.5 Å². The van der Waals surface area contributed by atoms with Crippen LogP contribution in [-0.2, 0) is 9.53 Å². The van der Waals surface area contributed by atoms with Crippen LogP contribution in [0.2, 0.25) is 0 Å². The highest BCUT2D eigenvalue weighted by molar-refractivity contribution is 5.69. The van der Waals surface area contributed by atoms with Crippen molar-refractivity contribution < 1.29 is 9.53 Å². The van der Waals surface area contributed by atoms with Gasteiger partial charge < -0.3 is 10.5 Å². The van der Waals surface area contributed by atoms with Crippen molar-refractivity contribution in [2.45, 2.75) is 56.9 Å². The summed E-state index contributed by atoms with van der Waals surface area (Å²) < 4.78 is 4.64. The zero-order valence-electron chi connectivity index (χ0n) is 12.3. The summed E-state index contributed by atoms with van der Waals surface area (Å²) in [5.41, 5.74) is 8.66. The van der Waals surface area contributed by atoms with Crippen LogP contribution in [0, 0.1) is 0 Å². The first-order chi connectivity index (χ1) is 9.70. The lowest BCUT2D eigenvalue weighted by molar-refractivity contribution is -0.140.